The summed E-state index contributed by atoms with van der Waals surface area (Å²) in [4.78, 5) is 0. The molecule has 0 aromatic heterocycles. The van der Waals surface area contributed by atoms with Crippen molar-refractivity contribution in [3.8, 4) is 0 Å². The van der Waals surface area contributed by atoms with Gasteiger partial charge in [-0.15, -0.1) is 31.5 Å². The van der Waals surface area contributed by atoms with Crippen molar-refractivity contribution in [3.05, 3.63) is 0 Å². The van der Waals surface area contributed by atoms with Crippen LogP contribution in [0, 0.1) is 5.92 Å². The Balaban J connectivity index is 2.20. The lowest BCUT2D eigenvalue weighted by Crippen LogP contribution is -2.16. The molecule has 0 spiro atoms. The van der Waals surface area contributed by atoms with E-state index < -0.39 is 0 Å². The number of halogens is 2. The van der Waals surface area contributed by atoms with Crippen LogP contribution in [0.3, 0.4) is 0 Å². The highest BCUT2D eigenvalue weighted by Gasteiger charge is 2.26. The molecule has 0 nitrogen and oxygen atoms in total. The fraction of sp³-hybridized carbons (Fsp3) is 1.00. The molecule has 0 radical (unpaired) electrons. The molecule has 0 unspecified atom stereocenters. The van der Waals surface area contributed by atoms with E-state index in [1.165, 1.54) is 38.5 Å². The minimum atomic E-state index is 0.549. The maximum absolute atomic E-state index is 3.61. The van der Waals surface area contributed by atoms with Crippen LogP contribution in [0.15, 0.2) is 0 Å². The molecule has 3 heteroatoms. The van der Waals surface area contributed by atoms with Crippen molar-refractivity contribution in [2.75, 3.05) is 0 Å². The summed E-state index contributed by atoms with van der Waals surface area (Å²) in [5.74, 6) is 1.91. The van der Waals surface area contributed by atoms with Gasteiger partial charge in [-0.25, -0.2) is 0 Å². The molecule has 12 heavy (non-hydrogen) atoms. The van der Waals surface area contributed by atoms with E-state index in [1.807, 2.05) is 0 Å². The number of hydrogen-bond acceptors (Lipinski definition) is 0. The van der Waals surface area contributed by atoms with Gasteiger partial charge in [0.05, 0.1) is 0 Å². The topological polar surface area (TPSA) is 0 Å². The van der Waals surface area contributed by atoms with E-state index in [1.54, 1.807) is 0 Å². The quantitative estimate of drug-likeness (QED) is 0.666. The smallest absolute Gasteiger partial charge is 0.139 e. The van der Waals surface area contributed by atoms with Crippen LogP contribution in [0.2, 0.25) is 5.82 Å². The first-order valence-electron chi connectivity index (χ1n) is 5.02. The fourth-order valence-electron chi connectivity index (χ4n) is 2.14. The van der Waals surface area contributed by atoms with Crippen LogP contribution in [0.5, 0.6) is 0 Å². The van der Waals surface area contributed by atoms with Gasteiger partial charge in [-0.1, -0.05) is 45.4 Å². The molecule has 0 heterocycles. The second-order valence-corrected chi connectivity index (χ2v) is 7.11. The van der Waals surface area contributed by atoms with Gasteiger partial charge in [-0.3, -0.25) is 0 Å². The SMILES string of the molecule is CCCC1CCC(B(Br)Br)CC1. The summed E-state index contributed by atoms with van der Waals surface area (Å²) in [7, 11) is 0. The Morgan fingerprint density at radius 3 is 2.17 bits per heavy atom. The van der Waals surface area contributed by atoms with Gasteiger partial charge in [0, 0.05) is 0 Å². The highest BCUT2D eigenvalue weighted by molar-refractivity contribution is 9.49. The predicted molar refractivity (Wildman–Crippen MR) is 64.2 cm³/mol. The predicted octanol–water partition coefficient (Wildman–Crippen LogP) is 4.62. The van der Waals surface area contributed by atoms with E-state index in [-0.39, 0.29) is 0 Å². The third kappa shape index (κ3) is 3.41. The summed E-state index contributed by atoms with van der Waals surface area (Å²) in [5.41, 5.74) is 0. The van der Waals surface area contributed by atoms with Gasteiger partial charge in [-0.05, 0) is 11.7 Å². The van der Waals surface area contributed by atoms with Crippen molar-refractivity contribution in [2.45, 2.75) is 51.3 Å². The zero-order valence-electron chi connectivity index (χ0n) is 7.73. The lowest BCUT2D eigenvalue weighted by Gasteiger charge is -2.28. The van der Waals surface area contributed by atoms with Gasteiger partial charge < -0.3 is 0 Å². The van der Waals surface area contributed by atoms with Crippen molar-refractivity contribution >= 4 is 35.9 Å². The van der Waals surface area contributed by atoms with Crippen LogP contribution in [0.1, 0.15) is 45.4 Å². The van der Waals surface area contributed by atoms with Crippen LogP contribution < -0.4 is 0 Å². The maximum atomic E-state index is 3.61. The molecule has 0 bridgehead atoms. The molecule has 1 fully saturated rings. The molecule has 0 aliphatic heterocycles. The highest BCUT2D eigenvalue weighted by atomic mass is 79.9. The van der Waals surface area contributed by atoms with E-state index in [9.17, 15) is 0 Å². The zero-order valence-corrected chi connectivity index (χ0v) is 10.9. The molecule has 0 N–H and O–H groups in total. The highest BCUT2D eigenvalue weighted by Crippen LogP contribution is 2.39. The first kappa shape index (κ1) is 11.1. The van der Waals surface area contributed by atoms with E-state index >= 15 is 0 Å². The van der Waals surface area contributed by atoms with Crippen molar-refractivity contribution in [2.24, 2.45) is 5.92 Å². The first-order valence-corrected chi connectivity index (χ1v) is 6.85. The molecule has 1 aliphatic rings. The van der Waals surface area contributed by atoms with Crippen molar-refractivity contribution < 1.29 is 0 Å². The van der Waals surface area contributed by atoms with Gasteiger partial charge in [-0.2, -0.15) is 0 Å². The lowest BCUT2D eigenvalue weighted by atomic mass is 9.70. The summed E-state index contributed by atoms with van der Waals surface area (Å²) in [6, 6.07) is 0. The molecular weight excluding hydrogens is 279 g/mol. The Bertz CT molecular complexity index is 120. The molecule has 0 aromatic carbocycles. The largest absolute Gasteiger partial charge is 0.301 e. The molecule has 1 aliphatic carbocycles. The Labute approximate surface area is 92.9 Å². The Hall–Kier alpha value is 1.02. The Morgan fingerprint density at radius 2 is 1.75 bits per heavy atom. The van der Waals surface area contributed by atoms with E-state index in [0.29, 0.717) is 4.36 Å². The van der Waals surface area contributed by atoms with Gasteiger partial charge in [0.2, 0.25) is 0 Å². The van der Waals surface area contributed by atoms with Crippen molar-refractivity contribution in [1.29, 1.82) is 0 Å². The molecule has 0 aromatic rings. The van der Waals surface area contributed by atoms with Crippen LogP contribution in [-0.2, 0) is 0 Å². The second-order valence-electron chi connectivity index (χ2n) is 3.90. The monoisotopic (exact) mass is 294 g/mol. The minimum Gasteiger partial charge on any atom is -0.139 e. The molecule has 1 rings (SSSR count). The second kappa shape index (κ2) is 5.69. The Kier molecular flexibility index (Phi) is 5.27. The molecule has 0 saturated heterocycles. The van der Waals surface area contributed by atoms with Crippen molar-refractivity contribution in [3.63, 3.8) is 0 Å². The average Bonchev–Trinajstić information content (AvgIpc) is 2.06. The van der Waals surface area contributed by atoms with Crippen LogP contribution >= 0.6 is 31.5 Å². The van der Waals surface area contributed by atoms with Gasteiger partial charge in [0.25, 0.3) is 0 Å². The number of rotatable bonds is 3. The zero-order chi connectivity index (χ0) is 8.97. The standard InChI is InChI=1S/C9H17BBr2/c1-2-3-8-4-6-9(7-5-8)10(11)12/h8-9H,2-7H2,1H3. The van der Waals surface area contributed by atoms with Gasteiger partial charge in [0.15, 0.2) is 0 Å². The summed E-state index contributed by atoms with van der Waals surface area (Å²) < 4.78 is 0.549. The third-order valence-electron chi connectivity index (χ3n) is 2.94. The number of hydrogen-bond donors (Lipinski definition) is 0. The lowest BCUT2D eigenvalue weighted by molar-refractivity contribution is 0.336. The summed E-state index contributed by atoms with van der Waals surface area (Å²) in [6.45, 7) is 2.30. The third-order valence-corrected chi connectivity index (χ3v) is 4.44. The molecule has 0 amide bonds. The van der Waals surface area contributed by atoms with E-state index in [2.05, 4.69) is 38.4 Å². The van der Waals surface area contributed by atoms with Gasteiger partial charge >= 0.3 is 4.36 Å². The fourth-order valence-corrected chi connectivity index (χ4v) is 3.19. The Morgan fingerprint density at radius 1 is 1.17 bits per heavy atom. The summed E-state index contributed by atoms with van der Waals surface area (Å²) in [5, 5.41) is 0. The summed E-state index contributed by atoms with van der Waals surface area (Å²) in [6.07, 6.45) is 8.53. The molecule has 1 saturated carbocycles. The minimum absolute atomic E-state index is 0.549. The molecule has 70 valence electrons. The normalized spacial score (nSPS) is 30.2. The van der Waals surface area contributed by atoms with Crippen LogP contribution in [0.4, 0.5) is 0 Å². The first-order chi connectivity index (χ1) is 5.74. The summed E-state index contributed by atoms with van der Waals surface area (Å²) >= 11 is 7.22. The molecule has 0 atom stereocenters. The van der Waals surface area contributed by atoms with E-state index in [0.717, 1.165) is 11.7 Å². The average molecular weight is 296 g/mol. The van der Waals surface area contributed by atoms with Crippen molar-refractivity contribution in [1.82, 2.24) is 0 Å². The molecular formula is C9H17BBr2. The van der Waals surface area contributed by atoms with E-state index in [4.69, 9.17) is 0 Å². The van der Waals surface area contributed by atoms with Crippen LogP contribution in [-0.4, -0.2) is 4.36 Å². The van der Waals surface area contributed by atoms with Gasteiger partial charge in [0.1, 0.15) is 0 Å². The maximum Gasteiger partial charge on any atom is 0.301 e. The van der Waals surface area contributed by atoms with Crippen LogP contribution in [0.25, 0.3) is 0 Å².